The number of aryl methyl sites for hydroxylation is 2. The van der Waals surface area contributed by atoms with E-state index in [4.69, 9.17) is 9.47 Å². The molecule has 0 amide bonds. The van der Waals surface area contributed by atoms with Crippen LogP contribution in [0.15, 0.2) is 60.9 Å². The largest absolute Gasteiger partial charge is 0.497 e. The van der Waals surface area contributed by atoms with Gasteiger partial charge in [-0.1, -0.05) is 30.3 Å². The van der Waals surface area contributed by atoms with E-state index in [2.05, 4.69) is 41.0 Å². The fourth-order valence-electron chi connectivity index (χ4n) is 2.73. The van der Waals surface area contributed by atoms with Crippen LogP contribution in [0.4, 0.5) is 0 Å². The Morgan fingerprint density at radius 1 is 1.00 bits per heavy atom. The van der Waals surface area contributed by atoms with E-state index in [1.54, 1.807) is 7.11 Å². The van der Waals surface area contributed by atoms with Crippen LogP contribution >= 0.6 is 0 Å². The SMILES string of the molecule is COc1ccc(CCc2ccccc2OC[C@H]2CNC=CN2)cc1. The summed E-state index contributed by atoms with van der Waals surface area (Å²) in [5.74, 6) is 1.87. The molecule has 2 aromatic carbocycles. The summed E-state index contributed by atoms with van der Waals surface area (Å²) in [7, 11) is 1.69. The zero-order valence-corrected chi connectivity index (χ0v) is 14.0. The number of hydrogen-bond donors (Lipinski definition) is 2. The molecule has 0 spiro atoms. The first-order chi connectivity index (χ1) is 11.8. The van der Waals surface area contributed by atoms with Crippen LogP contribution in [0.2, 0.25) is 0 Å². The fourth-order valence-corrected chi connectivity index (χ4v) is 2.73. The van der Waals surface area contributed by atoms with Crippen molar-refractivity contribution in [2.75, 3.05) is 20.3 Å². The Labute approximate surface area is 143 Å². The molecule has 3 rings (SSSR count). The molecule has 1 aliphatic heterocycles. The molecule has 4 nitrogen and oxygen atoms in total. The van der Waals surface area contributed by atoms with E-state index in [-0.39, 0.29) is 0 Å². The van der Waals surface area contributed by atoms with E-state index in [0.29, 0.717) is 12.6 Å². The lowest BCUT2D eigenvalue weighted by Gasteiger charge is -2.22. The van der Waals surface area contributed by atoms with Gasteiger partial charge < -0.3 is 20.1 Å². The smallest absolute Gasteiger partial charge is 0.122 e. The summed E-state index contributed by atoms with van der Waals surface area (Å²) in [5, 5.41) is 6.51. The molecule has 4 heteroatoms. The van der Waals surface area contributed by atoms with E-state index in [9.17, 15) is 0 Å². The average Bonchev–Trinajstić information content (AvgIpc) is 2.66. The zero-order chi connectivity index (χ0) is 16.6. The summed E-state index contributed by atoms with van der Waals surface area (Å²) in [5.41, 5.74) is 2.54. The minimum absolute atomic E-state index is 0.296. The number of nitrogens with one attached hydrogen (secondary N) is 2. The highest BCUT2D eigenvalue weighted by atomic mass is 16.5. The second-order valence-electron chi connectivity index (χ2n) is 5.87. The van der Waals surface area contributed by atoms with Gasteiger partial charge in [-0.05, 0) is 42.2 Å². The van der Waals surface area contributed by atoms with Crippen molar-refractivity contribution in [2.24, 2.45) is 0 Å². The predicted octanol–water partition coefficient (Wildman–Crippen LogP) is 2.89. The first-order valence-corrected chi connectivity index (χ1v) is 8.33. The molecule has 1 atom stereocenters. The predicted molar refractivity (Wildman–Crippen MR) is 96.4 cm³/mol. The van der Waals surface area contributed by atoms with Gasteiger partial charge in [-0.3, -0.25) is 0 Å². The average molecular weight is 324 g/mol. The molecule has 1 heterocycles. The number of ether oxygens (including phenoxy) is 2. The fraction of sp³-hybridized carbons (Fsp3) is 0.300. The van der Waals surface area contributed by atoms with Crippen LogP contribution in [0.25, 0.3) is 0 Å². The molecule has 1 aliphatic rings. The maximum Gasteiger partial charge on any atom is 0.122 e. The third-order valence-corrected chi connectivity index (χ3v) is 4.15. The molecule has 0 aromatic heterocycles. The van der Waals surface area contributed by atoms with Gasteiger partial charge in [0, 0.05) is 18.9 Å². The summed E-state index contributed by atoms with van der Waals surface area (Å²) >= 11 is 0. The van der Waals surface area contributed by atoms with Crippen molar-refractivity contribution in [1.29, 1.82) is 0 Å². The summed E-state index contributed by atoms with van der Waals surface area (Å²) in [4.78, 5) is 0. The van der Waals surface area contributed by atoms with Crippen LogP contribution in [0.1, 0.15) is 11.1 Å². The van der Waals surface area contributed by atoms with Gasteiger partial charge >= 0.3 is 0 Å². The molecular weight excluding hydrogens is 300 g/mol. The first kappa shape index (κ1) is 16.2. The van der Waals surface area contributed by atoms with Crippen molar-refractivity contribution in [3.8, 4) is 11.5 Å². The summed E-state index contributed by atoms with van der Waals surface area (Å²) < 4.78 is 11.2. The Hall–Kier alpha value is -2.62. The van der Waals surface area contributed by atoms with Crippen LogP contribution < -0.4 is 20.1 Å². The van der Waals surface area contributed by atoms with E-state index in [1.165, 1.54) is 11.1 Å². The number of hydrogen-bond acceptors (Lipinski definition) is 4. The quantitative estimate of drug-likeness (QED) is 0.822. The number of methoxy groups -OCH3 is 1. The normalized spacial score (nSPS) is 16.1. The van der Waals surface area contributed by atoms with Gasteiger partial charge in [-0.25, -0.2) is 0 Å². The maximum atomic E-state index is 6.05. The highest BCUT2D eigenvalue weighted by molar-refractivity contribution is 5.35. The molecule has 0 unspecified atom stereocenters. The molecule has 0 aliphatic carbocycles. The van der Waals surface area contributed by atoms with Gasteiger partial charge in [0.1, 0.15) is 18.1 Å². The van der Waals surface area contributed by atoms with Crippen molar-refractivity contribution < 1.29 is 9.47 Å². The van der Waals surface area contributed by atoms with Crippen molar-refractivity contribution >= 4 is 0 Å². The summed E-state index contributed by atoms with van der Waals surface area (Å²) in [6.45, 7) is 1.53. The highest BCUT2D eigenvalue weighted by Gasteiger charge is 2.11. The van der Waals surface area contributed by atoms with Crippen LogP contribution in [0.3, 0.4) is 0 Å². The zero-order valence-electron chi connectivity index (χ0n) is 14.0. The Bertz CT molecular complexity index is 668. The summed E-state index contributed by atoms with van der Waals surface area (Å²) in [6, 6.07) is 16.8. The van der Waals surface area contributed by atoms with Crippen molar-refractivity contribution in [3.63, 3.8) is 0 Å². The molecule has 0 radical (unpaired) electrons. The Morgan fingerprint density at radius 3 is 2.58 bits per heavy atom. The van der Waals surface area contributed by atoms with E-state index < -0.39 is 0 Å². The van der Waals surface area contributed by atoms with Crippen molar-refractivity contribution in [3.05, 3.63) is 72.1 Å². The Kier molecular flexibility index (Phi) is 5.61. The molecule has 0 bridgehead atoms. The molecule has 2 N–H and O–H groups in total. The molecule has 24 heavy (non-hydrogen) atoms. The number of para-hydroxylation sites is 1. The molecular formula is C20H24N2O2. The standard InChI is InChI=1S/C20H24N2O2/c1-23-19-10-7-16(8-11-19)6-9-17-4-2-3-5-20(17)24-15-18-14-21-12-13-22-18/h2-5,7-8,10-13,18,21-22H,6,9,14-15H2,1H3/t18-/m1/s1. The molecule has 0 saturated carbocycles. The van der Waals surface area contributed by atoms with Crippen LogP contribution in [-0.2, 0) is 12.8 Å². The highest BCUT2D eigenvalue weighted by Crippen LogP contribution is 2.21. The van der Waals surface area contributed by atoms with Crippen LogP contribution in [0, 0.1) is 0 Å². The topological polar surface area (TPSA) is 42.5 Å². The van der Waals surface area contributed by atoms with Gasteiger partial charge in [-0.15, -0.1) is 0 Å². The third-order valence-electron chi connectivity index (χ3n) is 4.15. The van der Waals surface area contributed by atoms with Gasteiger partial charge in [0.25, 0.3) is 0 Å². The van der Waals surface area contributed by atoms with Crippen LogP contribution in [-0.4, -0.2) is 26.3 Å². The lowest BCUT2D eigenvalue weighted by atomic mass is 10.0. The monoisotopic (exact) mass is 324 g/mol. The van der Waals surface area contributed by atoms with E-state index in [1.807, 2.05) is 30.6 Å². The van der Waals surface area contributed by atoms with Gasteiger partial charge in [0.05, 0.1) is 13.2 Å². The van der Waals surface area contributed by atoms with Crippen molar-refractivity contribution in [2.45, 2.75) is 18.9 Å². The lowest BCUT2D eigenvalue weighted by Crippen LogP contribution is -2.42. The maximum absolute atomic E-state index is 6.05. The van der Waals surface area contributed by atoms with E-state index in [0.717, 1.165) is 30.9 Å². The summed E-state index contributed by atoms with van der Waals surface area (Å²) in [6.07, 6.45) is 5.78. The Morgan fingerprint density at radius 2 is 1.83 bits per heavy atom. The van der Waals surface area contributed by atoms with E-state index >= 15 is 0 Å². The lowest BCUT2D eigenvalue weighted by molar-refractivity contribution is 0.267. The van der Waals surface area contributed by atoms with Gasteiger partial charge in [-0.2, -0.15) is 0 Å². The molecule has 126 valence electrons. The third kappa shape index (κ3) is 4.44. The number of rotatable bonds is 7. The molecule has 0 fully saturated rings. The van der Waals surface area contributed by atoms with Crippen molar-refractivity contribution in [1.82, 2.24) is 10.6 Å². The van der Waals surface area contributed by atoms with Gasteiger partial charge in [0.2, 0.25) is 0 Å². The second-order valence-corrected chi connectivity index (χ2v) is 5.87. The van der Waals surface area contributed by atoms with Crippen LogP contribution in [0.5, 0.6) is 11.5 Å². The minimum Gasteiger partial charge on any atom is -0.497 e. The van der Waals surface area contributed by atoms with Gasteiger partial charge in [0.15, 0.2) is 0 Å². The molecule has 0 saturated heterocycles. The minimum atomic E-state index is 0.296. The second kappa shape index (κ2) is 8.29. The number of benzene rings is 2. The first-order valence-electron chi connectivity index (χ1n) is 8.33. The Balaban J connectivity index is 1.57. The molecule has 2 aromatic rings.